The van der Waals surface area contributed by atoms with Crippen LogP contribution in [0.25, 0.3) is 5.57 Å². The monoisotopic (exact) mass is 224 g/mol. The van der Waals surface area contributed by atoms with Crippen molar-refractivity contribution in [1.82, 2.24) is 0 Å². The normalized spacial score (nSPS) is 16.3. The predicted molar refractivity (Wildman–Crippen MR) is 57.3 cm³/mol. The number of hydrogen-bond acceptors (Lipinski definition) is 2. The highest BCUT2D eigenvalue weighted by molar-refractivity contribution is 6.31. The molecule has 1 heterocycles. The van der Waals surface area contributed by atoms with E-state index < -0.39 is 5.97 Å². The summed E-state index contributed by atoms with van der Waals surface area (Å²) < 4.78 is 5.36. The first-order valence-corrected chi connectivity index (χ1v) is 4.82. The van der Waals surface area contributed by atoms with E-state index in [2.05, 4.69) is 0 Å². The number of halogens is 1. The molecule has 15 heavy (non-hydrogen) atoms. The molecule has 1 aliphatic heterocycles. The van der Waals surface area contributed by atoms with E-state index in [9.17, 15) is 4.79 Å². The van der Waals surface area contributed by atoms with Gasteiger partial charge in [0.2, 0.25) is 0 Å². The lowest BCUT2D eigenvalue weighted by Crippen LogP contribution is -1.93. The van der Waals surface area contributed by atoms with Crippen LogP contribution in [0.5, 0.6) is 5.75 Å². The second-order valence-corrected chi connectivity index (χ2v) is 3.80. The molecule has 1 aromatic carbocycles. The van der Waals surface area contributed by atoms with Crippen LogP contribution in [0, 0.1) is 6.92 Å². The molecule has 0 saturated carbocycles. The number of carboxylic acids is 1. The smallest absolute Gasteiger partial charge is 0.328 e. The van der Waals surface area contributed by atoms with Gasteiger partial charge in [-0.2, -0.15) is 0 Å². The van der Waals surface area contributed by atoms with E-state index in [1.54, 1.807) is 6.07 Å². The van der Waals surface area contributed by atoms with Gasteiger partial charge >= 0.3 is 5.97 Å². The third-order valence-corrected chi connectivity index (χ3v) is 2.69. The SMILES string of the molecule is Cc1cc2c(cc1Cl)C(=CC(=O)O)CO2. The van der Waals surface area contributed by atoms with E-state index in [0.717, 1.165) is 17.2 Å². The van der Waals surface area contributed by atoms with Gasteiger partial charge in [-0.1, -0.05) is 11.6 Å². The molecule has 1 N–H and O–H groups in total. The summed E-state index contributed by atoms with van der Waals surface area (Å²) in [6.07, 6.45) is 1.15. The maximum atomic E-state index is 10.6. The molecule has 0 fully saturated rings. The summed E-state index contributed by atoms with van der Waals surface area (Å²) in [5.41, 5.74) is 2.35. The van der Waals surface area contributed by atoms with Gasteiger partial charge in [-0.05, 0) is 24.6 Å². The number of aliphatic carboxylic acids is 1. The third-order valence-electron chi connectivity index (χ3n) is 2.29. The van der Waals surface area contributed by atoms with Crippen LogP contribution in [0.2, 0.25) is 5.02 Å². The van der Waals surface area contributed by atoms with Gasteiger partial charge in [-0.25, -0.2) is 4.79 Å². The van der Waals surface area contributed by atoms with Crippen molar-refractivity contribution < 1.29 is 14.6 Å². The van der Waals surface area contributed by atoms with Crippen molar-refractivity contribution in [2.45, 2.75) is 6.92 Å². The fraction of sp³-hybridized carbons (Fsp3) is 0.182. The standard InChI is InChI=1S/C11H9ClO3/c1-6-2-10-8(4-9(6)12)7(5-15-10)3-11(13)14/h2-4H,5H2,1H3,(H,13,14). The summed E-state index contributed by atoms with van der Waals surface area (Å²) in [4.78, 5) is 10.6. The Bertz CT molecular complexity index is 463. The zero-order valence-corrected chi connectivity index (χ0v) is 8.84. The molecule has 0 aromatic heterocycles. The van der Waals surface area contributed by atoms with Crippen molar-refractivity contribution in [3.8, 4) is 5.75 Å². The van der Waals surface area contributed by atoms with Crippen LogP contribution in [0.1, 0.15) is 11.1 Å². The number of fused-ring (bicyclic) bond motifs is 1. The van der Waals surface area contributed by atoms with Gasteiger partial charge < -0.3 is 9.84 Å². The van der Waals surface area contributed by atoms with E-state index in [-0.39, 0.29) is 0 Å². The quantitative estimate of drug-likeness (QED) is 0.746. The molecule has 0 aliphatic carbocycles. The van der Waals surface area contributed by atoms with Gasteiger partial charge in [0.25, 0.3) is 0 Å². The van der Waals surface area contributed by atoms with Crippen molar-refractivity contribution in [2.75, 3.05) is 6.61 Å². The average Bonchev–Trinajstić information content (AvgIpc) is 2.49. The first-order valence-electron chi connectivity index (χ1n) is 4.45. The van der Waals surface area contributed by atoms with Crippen molar-refractivity contribution in [3.05, 3.63) is 34.4 Å². The maximum Gasteiger partial charge on any atom is 0.328 e. The summed E-state index contributed by atoms with van der Waals surface area (Å²) in [7, 11) is 0. The zero-order valence-electron chi connectivity index (χ0n) is 8.08. The van der Waals surface area contributed by atoms with E-state index in [4.69, 9.17) is 21.4 Å². The molecule has 0 atom stereocenters. The van der Waals surface area contributed by atoms with E-state index >= 15 is 0 Å². The molecule has 0 radical (unpaired) electrons. The lowest BCUT2D eigenvalue weighted by atomic mass is 10.1. The first-order chi connectivity index (χ1) is 7.08. The van der Waals surface area contributed by atoms with Crippen molar-refractivity contribution >= 4 is 23.1 Å². The minimum atomic E-state index is -0.974. The number of rotatable bonds is 1. The molecule has 0 spiro atoms. The lowest BCUT2D eigenvalue weighted by Gasteiger charge is -2.02. The van der Waals surface area contributed by atoms with Gasteiger partial charge in [0, 0.05) is 22.2 Å². The number of benzene rings is 1. The highest BCUT2D eigenvalue weighted by Crippen LogP contribution is 2.36. The number of ether oxygens (including phenoxy) is 1. The summed E-state index contributed by atoms with van der Waals surface area (Å²) >= 11 is 5.96. The Morgan fingerprint density at radius 3 is 3.00 bits per heavy atom. The Morgan fingerprint density at radius 2 is 2.33 bits per heavy atom. The summed E-state index contributed by atoms with van der Waals surface area (Å²) in [6, 6.07) is 3.56. The Balaban J connectivity index is 2.51. The molecule has 1 aliphatic rings. The molecular weight excluding hydrogens is 216 g/mol. The van der Waals surface area contributed by atoms with Crippen LogP contribution in [0.15, 0.2) is 18.2 Å². The predicted octanol–water partition coefficient (Wildman–Crippen LogP) is 2.51. The molecule has 78 valence electrons. The summed E-state index contributed by atoms with van der Waals surface area (Å²) in [5.74, 6) is -0.275. The topological polar surface area (TPSA) is 46.5 Å². The Kier molecular flexibility index (Phi) is 2.40. The van der Waals surface area contributed by atoms with Gasteiger partial charge in [0.05, 0.1) is 0 Å². The fourth-order valence-corrected chi connectivity index (χ4v) is 1.69. The molecular formula is C11H9ClO3. The molecule has 0 unspecified atom stereocenters. The third kappa shape index (κ3) is 1.83. The van der Waals surface area contributed by atoms with Gasteiger partial charge in [-0.15, -0.1) is 0 Å². The van der Waals surface area contributed by atoms with E-state index in [1.807, 2.05) is 13.0 Å². The van der Waals surface area contributed by atoms with Crippen LogP contribution in [-0.4, -0.2) is 17.7 Å². The van der Waals surface area contributed by atoms with Crippen LogP contribution in [0.3, 0.4) is 0 Å². The number of hydrogen-bond donors (Lipinski definition) is 1. The number of aryl methyl sites for hydroxylation is 1. The lowest BCUT2D eigenvalue weighted by molar-refractivity contribution is -0.131. The Morgan fingerprint density at radius 1 is 1.60 bits per heavy atom. The van der Waals surface area contributed by atoms with Crippen LogP contribution >= 0.6 is 11.6 Å². The second-order valence-electron chi connectivity index (χ2n) is 3.39. The van der Waals surface area contributed by atoms with Crippen molar-refractivity contribution in [1.29, 1.82) is 0 Å². The van der Waals surface area contributed by atoms with Crippen LogP contribution < -0.4 is 4.74 Å². The molecule has 0 amide bonds. The number of carboxylic acid groups (broad SMARTS) is 1. The molecule has 3 nitrogen and oxygen atoms in total. The van der Waals surface area contributed by atoms with Crippen LogP contribution in [-0.2, 0) is 4.79 Å². The zero-order chi connectivity index (χ0) is 11.0. The maximum absolute atomic E-state index is 10.6. The highest BCUT2D eigenvalue weighted by atomic mass is 35.5. The highest BCUT2D eigenvalue weighted by Gasteiger charge is 2.19. The van der Waals surface area contributed by atoms with Gasteiger partial charge in [0.1, 0.15) is 12.4 Å². The second kappa shape index (κ2) is 3.59. The molecule has 0 bridgehead atoms. The molecule has 4 heteroatoms. The minimum absolute atomic E-state index is 0.293. The largest absolute Gasteiger partial charge is 0.488 e. The Labute approximate surface area is 91.9 Å². The Hall–Kier alpha value is -1.48. The molecule has 1 aromatic rings. The minimum Gasteiger partial charge on any atom is -0.488 e. The first kappa shape index (κ1) is 10.1. The molecule has 2 rings (SSSR count). The molecule has 0 saturated heterocycles. The van der Waals surface area contributed by atoms with Crippen molar-refractivity contribution in [2.24, 2.45) is 0 Å². The van der Waals surface area contributed by atoms with Crippen LogP contribution in [0.4, 0.5) is 0 Å². The van der Waals surface area contributed by atoms with Gasteiger partial charge in [0.15, 0.2) is 0 Å². The fourth-order valence-electron chi connectivity index (χ4n) is 1.53. The average molecular weight is 225 g/mol. The summed E-state index contributed by atoms with van der Waals surface area (Å²) in [5, 5.41) is 9.28. The van der Waals surface area contributed by atoms with Gasteiger partial charge in [-0.3, -0.25) is 0 Å². The van der Waals surface area contributed by atoms with Crippen molar-refractivity contribution in [3.63, 3.8) is 0 Å². The van der Waals surface area contributed by atoms with E-state index in [1.165, 1.54) is 0 Å². The summed E-state index contributed by atoms with van der Waals surface area (Å²) in [6.45, 7) is 2.17. The number of carbonyl (C=O) groups is 1. The van der Waals surface area contributed by atoms with E-state index in [0.29, 0.717) is 23.0 Å².